The molecule has 1 aromatic rings. The van der Waals surface area contributed by atoms with Gasteiger partial charge in [-0.1, -0.05) is 0 Å². The topological polar surface area (TPSA) is 38.3 Å². The number of carbonyl (C=O) groups is 1. The number of carbonyl (C=O) groups excluding carboxylic acids is 1. The number of benzene rings is 1. The van der Waals surface area contributed by atoms with Gasteiger partial charge in [-0.25, -0.2) is 13.6 Å². The standard InChI is InChI=1S/C10H9F2NO2.ClH/c11-7-3-6(4-8(12)5-7)9-1-2-15-10(14)13-9;/h3-5,9H,1-2H2,(H,13,14);1H/t9-;/m0./s1. The lowest BCUT2D eigenvalue weighted by Gasteiger charge is -2.23. The summed E-state index contributed by atoms with van der Waals surface area (Å²) in [4.78, 5) is 10.9. The van der Waals surface area contributed by atoms with Crippen LogP contribution in [-0.4, -0.2) is 12.7 Å². The van der Waals surface area contributed by atoms with Crippen LogP contribution in [0.5, 0.6) is 0 Å². The van der Waals surface area contributed by atoms with Gasteiger partial charge in [-0.2, -0.15) is 0 Å². The summed E-state index contributed by atoms with van der Waals surface area (Å²) in [5.74, 6) is -1.29. The highest BCUT2D eigenvalue weighted by Gasteiger charge is 2.21. The monoisotopic (exact) mass is 249 g/mol. The van der Waals surface area contributed by atoms with Crippen molar-refractivity contribution < 1.29 is 18.3 Å². The van der Waals surface area contributed by atoms with Crippen LogP contribution in [-0.2, 0) is 4.74 Å². The zero-order chi connectivity index (χ0) is 10.8. The second kappa shape index (κ2) is 5.12. The minimum atomic E-state index is -0.647. The maximum Gasteiger partial charge on any atom is 0.407 e. The van der Waals surface area contributed by atoms with Crippen LogP contribution in [0.15, 0.2) is 18.2 Å². The molecule has 1 fully saturated rings. The van der Waals surface area contributed by atoms with Crippen molar-refractivity contribution in [3.8, 4) is 0 Å². The maximum atomic E-state index is 12.9. The first kappa shape index (κ1) is 12.7. The molecule has 2 rings (SSSR count). The largest absolute Gasteiger partial charge is 0.449 e. The van der Waals surface area contributed by atoms with Crippen molar-refractivity contribution in [1.29, 1.82) is 0 Å². The Morgan fingerprint density at radius 2 is 1.88 bits per heavy atom. The minimum absolute atomic E-state index is 0. The Morgan fingerprint density at radius 3 is 2.44 bits per heavy atom. The molecule has 1 heterocycles. The van der Waals surface area contributed by atoms with E-state index in [1.807, 2.05) is 0 Å². The molecule has 0 saturated carbocycles. The molecule has 6 heteroatoms. The van der Waals surface area contributed by atoms with Gasteiger partial charge in [0.1, 0.15) is 11.6 Å². The Labute approximate surface area is 97.2 Å². The van der Waals surface area contributed by atoms with Gasteiger partial charge in [-0.15, -0.1) is 12.4 Å². The number of ether oxygens (including phenoxy) is 1. The van der Waals surface area contributed by atoms with E-state index >= 15 is 0 Å². The summed E-state index contributed by atoms with van der Waals surface area (Å²) < 4.78 is 30.4. The lowest BCUT2D eigenvalue weighted by molar-refractivity contribution is 0.115. The van der Waals surface area contributed by atoms with Crippen molar-refractivity contribution in [2.24, 2.45) is 0 Å². The number of hydrogen-bond acceptors (Lipinski definition) is 2. The number of alkyl carbamates (subject to hydrolysis) is 1. The van der Waals surface area contributed by atoms with Gasteiger partial charge in [-0.3, -0.25) is 0 Å². The van der Waals surface area contributed by atoms with Crippen LogP contribution in [0.1, 0.15) is 18.0 Å². The molecule has 0 aliphatic carbocycles. The van der Waals surface area contributed by atoms with E-state index in [-0.39, 0.29) is 25.1 Å². The molecule has 1 aliphatic heterocycles. The number of rotatable bonds is 1. The van der Waals surface area contributed by atoms with Crippen LogP contribution in [0.25, 0.3) is 0 Å². The van der Waals surface area contributed by atoms with Crippen molar-refractivity contribution in [3.05, 3.63) is 35.4 Å². The Balaban J connectivity index is 0.00000128. The number of amides is 1. The van der Waals surface area contributed by atoms with Gasteiger partial charge in [0.15, 0.2) is 0 Å². The molecule has 0 unspecified atom stereocenters. The molecule has 1 amide bonds. The van der Waals surface area contributed by atoms with Crippen molar-refractivity contribution in [3.63, 3.8) is 0 Å². The Hall–Kier alpha value is -1.36. The van der Waals surface area contributed by atoms with E-state index in [1.54, 1.807) is 0 Å². The SMILES string of the molecule is Cl.O=C1N[C@H](c2cc(F)cc(F)c2)CCO1. The van der Waals surface area contributed by atoms with E-state index < -0.39 is 17.7 Å². The van der Waals surface area contributed by atoms with Gasteiger partial charge in [0.05, 0.1) is 12.6 Å². The van der Waals surface area contributed by atoms with Crippen molar-refractivity contribution >= 4 is 18.5 Å². The van der Waals surface area contributed by atoms with E-state index in [0.29, 0.717) is 12.0 Å². The normalized spacial score (nSPS) is 19.4. The van der Waals surface area contributed by atoms with Crippen LogP contribution in [0.4, 0.5) is 13.6 Å². The molecule has 1 saturated heterocycles. The zero-order valence-electron chi connectivity index (χ0n) is 8.20. The first-order valence-electron chi connectivity index (χ1n) is 4.54. The van der Waals surface area contributed by atoms with Gasteiger partial charge in [0, 0.05) is 12.5 Å². The third-order valence-electron chi connectivity index (χ3n) is 2.22. The molecule has 0 aromatic heterocycles. The fraction of sp³-hybridized carbons (Fsp3) is 0.300. The molecule has 0 spiro atoms. The fourth-order valence-electron chi connectivity index (χ4n) is 1.55. The molecular formula is C10H10ClF2NO2. The van der Waals surface area contributed by atoms with Gasteiger partial charge in [-0.05, 0) is 17.7 Å². The summed E-state index contributed by atoms with van der Waals surface area (Å²) in [6.07, 6.45) is -0.0508. The molecule has 3 nitrogen and oxygen atoms in total. The smallest absolute Gasteiger partial charge is 0.407 e. The molecule has 1 N–H and O–H groups in total. The first-order valence-corrected chi connectivity index (χ1v) is 4.54. The maximum absolute atomic E-state index is 12.9. The zero-order valence-corrected chi connectivity index (χ0v) is 9.02. The van der Waals surface area contributed by atoms with Crippen LogP contribution in [0, 0.1) is 11.6 Å². The molecule has 16 heavy (non-hydrogen) atoms. The highest BCUT2D eigenvalue weighted by Crippen LogP contribution is 2.21. The number of nitrogens with one attached hydrogen (secondary N) is 1. The number of cyclic esters (lactones) is 1. The second-order valence-corrected chi connectivity index (χ2v) is 3.32. The Bertz CT molecular complexity index is 380. The van der Waals surface area contributed by atoms with E-state index in [4.69, 9.17) is 0 Å². The highest BCUT2D eigenvalue weighted by molar-refractivity contribution is 5.85. The van der Waals surface area contributed by atoms with Crippen LogP contribution in [0.2, 0.25) is 0 Å². The van der Waals surface area contributed by atoms with E-state index in [9.17, 15) is 13.6 Å². The highest BCUT2D eigenvalue weighted by atomic mass is 35.5. The van der Waals surface area contributed by atoms with Crippen molar-refractivity contribution in [2.45, 2.75) is 12.5 Å². The molecule has 1 atom stereocenters. The van der Waals surface area contributed by atoms with Crippen LogP contribution in [0.3, 0.4) is 0 Å². The molecule has 0 bridgehead atoms. The van der Waals surface area contributed by atoms with Crippen LogP contribution < -0.4 is 5.32 Å². The second-order valence-electron chi connectivity index (χ2n) is 3.32. The number of halogens is 3. The molecular weight excluding hydrogens is 240 g/mol. The van der Waals surface area contributed by atoms with E-state index in [0.717, 1.165) is 6.07 Å². The first-order chi connectivity index (χ1) is 7.15. The Morgan fingerprint density at radius 1 is 1.25 bits per heavy atom. The summed E-state index contributed by atoms with van der Waals surface area (Å²) in [5, 5.41) is 2.49. The Kier molecular flexibility index (Phi) is 4.06. The van der Waals surface area contributed by atoms with Crippen molar-refractivity contribution in [2.75, 3.05) is 6.61 Å². The molecule has 1 aromatic carbocycles. The average Bonchev–Trinajstić information content (AvgIpc) is 2.16. The van der Waals surface area contributed by atoms with Gasteiger partial charge >= 0.3 is 6.09 Å². The van der Waals surface area contributed by atoms with Gasteiger partial charge < -0.3 is 10.1 Å². The van der Waals surface area contributed by atoms with Crippen molar-refractivity contribution in [1.82, 2.24) is 5.32 Å². The number of hydrogen-bond donors (Lipinski definition) is 1. The van der Waals surface area contributed by atoms with Gasteiger partial charge in [0.25, 0.3) is 0 Å². The average molecular weight is 250 g/mol. The molecule has 88 valence electrons. The predicted molar refractivity (Wildman–Crippen MR) is 55.4 cm³/mol. The third kappa shape index (κ3) is 2.82. The predicted octanol–water partition coefficient (Wildman–Crippen LogP) is 2.56. The quantitative estimate of drug-likeness (QED) is 0.831. The molecule has 1 aliphatic rings. The van der Waals surface area contributed by atoms with E-state index in [2.05, 4.69) is 10.1 Å². The molecule has 0 radical (unpaired) electrons. The summed E-state index contributed by atoms with van der Waals surface area (Å²) in [6.45, 7) is 0.259. The summed E-state index contributed by atoms with van der Waals surface area (Å²) in [7, 11) is 0. The fourth-order valence-corrected chi connectivity index (χ4v) is 1.55. The lowest BCUT2D eigenvalue weighted by atomic mass is 10.0. The lowest BCUT2D eigenvalue weighted by Crippen LogP contribution is -2.35. The summed E-state index contributed by atoms with van der Waals surface area (Å²) >= 11 is 0. The van der Waals surface area contributed by atoms with E-state index in [1.165, 1.54) is 12.1 Å². The van der Waals surface area contributed by atoms with Crippen LogP contribution >= 0.6 is 12.4 Å². The summed E-state index contributed by atoms with van der Waals surface area (Å²) in [5.41, 5.74) is 0.421. The minimum Gasteiger partial charge on any atom is -0.449 e. The summed E-state index contributed by atoms with van der Waals surface area (Å²) in [6, 6.07) is 2.83. The third-order valence-corrected chi connectivity index (χ3v) is 2.22. The van der Waals surface area contributed by atoms with Gasteiger partial charge in [0.2, 0.25) is 0 Å².